The van der Waals surface area contributed by atoms with Crippen molar-refractivity contribution in [1.82, 2.24) is 4.90 Å². The first-order valence-corrected chi connectivity index (χ1v) is 14.4. The van der Waals surface area contributed by atoms with E-state index in [1.807, 2.05) is 0 Å². The molecule has 0 aromatic heterocycles. The lowest BCUT2D eigenvalue weighted by Gasteiger charge is -2.33. The van der Waals surface area contributed by atoms with Crippen molar-refractivity contribution in [2.45, 2.75) is 97.1 Å². The van der Waals surface area contributed by atoms with Gasteiger partial charge in [0.25, 0.3) is 0 Å². The van der Waals surface area contributed by atoms with Crippen LogP contribution in [0.25, 0.3) is 21.5 Å². The van der Waals surface area contributed by atoms with E-state index >= 15 is 0 Å². The minimum atomic E-state index is -0.488. The summed E-state index contributed by atoms with van der Waals surface area (Å²) in [7, 11) is 0. The molecule has 0 aliphatic heterocycles. The molecule has 1 N–H and O–H groups in total. The van der Waals surface area contributed by atoms with Gasteiger partial charge in [0.15, 0.2) is 0 Å². The van der Waals surface area contributed by atoms with Gasteiger partial charge in [-0.15, -0.1) is 0 Å². The highest BCUT2D eigenvalue weighted by Crippen LogP contribution is 2.34. The molecule has 2 atom stereocenters. The second kappa shape index (κ2) is 14.2. The molecular formula is C31H44BrNO. The van der Waals surface area contributed by atoms with Crippen molar-refractivity contribution < 1.29 is 5.11 Å². The van der Waals surface area contributed by atoms with Gasteiger partial charge in [-0.05, 0) is 72.1 Å². The number of unbranched alkanes of at least 4 members (excludes halogenated alkanes) is 8. The Morgan fingerprint density at radius 3 is 1.94 bits per heavy atom. The van der Waals surface area contributed by atoms with Crippen molar-refractivity contribution in [3.8, 4) is 0 Å². The average molecular weight is 527 g/mol. The fourth-order valence-corrected chi connectivity index (χ4v) is 5.68. The number of aliphatic hydroxyl groups excluding tert-OH is 1. The number of aliphatic hydroxyl groups is 1. The first-order valence-electron chi connectivity index (χ1n) is 13.6. The molecule has 0 amide bonds. The molecule has 3 heteroatoms. The Bertz CT molecular complexity index is 1000. The third kappa shape index (κ3) is 7.29. The van der Waals surface area contributed by atoms with Crippen molar-refractivity contribution in [3.63, 3.8) is 0 Å². The Kier molecular flexibility index (Phi) is 11.4. The first-order chi connectivity index (χ1) is 16.6. The summed E-state index contributed by atoms with van der Waals surface area (Å²) in [5, 5.41) is 16.4. The van der Waals surface area contributed by atoms with E-state index in [2.05, 4.69) is 90.1 Å². The van der Waals surface area contributed by atoms with Crippen LogP contribution in [0.1, 0.15) is 96.6 Å². The van der Waals surface area contributed by atoms with Gasteiger partial charge >= 0.3 is 0 Å². The molecule has 0 aliphatic carbocycles. The number of rotatable bonds is 15. The number of hydrogen-bond donors (Lipinski definition) is 1. The molecule has 0 bridgehead atoms. The molecule has 0 spiro atoms. The van der Waals surface area contributed by atoms with E-state index in [-0.39, 0.29) is 6.04 Å². The molecule has 186 valence electrons. The minimum absolute atomic E-state index is 0.108. The first kappa shape index (κ1) is 27.2. The molecule has 2 nitrogen and oxygen atoms in total. The van der Waals surface area contributed by atoms with E-state index in [1.54, 1.807) is 0 Å². The quantitative estimate of drug-likeness (QED) is 0.157. The molecular weight excluding hydrogens is 482 g/mol. The highest BCUT2D eigenvalue weighted by Gasteiger charge is 2.23. The van der Waals surface area contributed by atoms with E-state index in [0.29, 0.717) is 0 Å². The van der Waals surface area contributed by atoms with Crippen molar-refractivity contribution in [2.24, 2.45) is 0 Å². The Morgan fingerprint density at radius 2 is 1.32 bits per heavy atom. The van der Waals surface area contributed by atoms with Gasteiger partial charge in [0.1, 0.15) is 0 Å². The molecule has 0 unspecified atom stereocenters. The third-order valence-corrected chi connectivity index (χ3v) is 7.96. The molecule has 0 aliphatic rings. The summed E-state index contributed by atoms with van der Waals surface area (Å²) >= 11 is 3.73. The van der Waals surface area contributed by atoms with Crippen LogP contribution in [-0.4, -0.2) is 29.1 Å². The topological polar surface area (TPSA) is 23.5 Å². The maximum Gasteiger partial charge on any atom is 0.0942 e. The molecule has 34 heavy (non-hydrogen) atoms. The number of benzene rings is 3. The van der Waals surface area contributed by atoms with E-state index < -0.39 is 6.10 Å². The van der Waals surface area contributed by atoms with Gasteiger partial charge in [-0.25, -0.2) is 0 Å². The number of halogens is 1. The molecule has 0 saturated carbocycles. The highest BCUT2D eigenvalue weighted by atomic mass is 79.9. The van der Waals surface area contributed by atoms with Crippen LogP contribution in [0.2, 0.25) is 0 Å². The third-order valence-electron chi connectivity index (χ3n) is 7.31. The van der Waals surface area contributed by atoms with Crippen LogP contribution in [0, 0.1) is 0 Å². The van der Waals surface area contributed by atoms with Gasteiger partial charge in [-0.3, -0.25) is 4.90 Å². The van der Waals surface area contributed by atoms with Crippen LogP contribution >= 0.6 is 15.9 Å². The van der Waals surface area contributed by atoms with Crippen LogP contribution in [0.3, 0.4) is 0 Å². The molecule has 0 radical (unpaired) electrons. The molecule has 3 aromatic rings. The largest absolute Gasteiger partial charge is 0.387 e. The molecule has 0 heterocycles. The van der Waals surface area contributed by atoms with Crippen LogP contribution in [0.5, 0.6) is 0 Å². The van der Waals surface area contributed by atoms with E-state index in [0.717, 1.165) is 23.1 Å². The van der Waals surface area contributed by atoms with Crippen molar-refractivity contribution >= 4 is 37.5 Å². The van der Waals surface area contributed by atoms with Crippen LogP contribution in [-0.2, 0) is 0 Å². The van der Waals surface area contributed by atoms with E-state index in [9.17, 15) is 5.11 Å². The molecule has 3 aromatic carbocycles. The number of nitrogens with zero attached hydrogens (tertiary/aromatic N) is 1. The fraction of sp³-hybridized carbons (Fsp3) is 0.548. The lowest BCUT2D eigenvalue weighted by atomic mass is 9.95. The van der Waals surface area contributed by atoms with Gasteiger partial charge in [-0.1, -0.05) is 118 Å². The van der Waals surface area contributed by atoms with Crippen LogP contribution in [0.15, 0.2) is 53.0 Å². The summed E-state index contributed by atoms with van der Waals surface area (Å²) in [4.78, 5) is 2.55. The summed E-state index contributed by atoms with van der Waals surface area (Å²) < 4.78 is 1.12. The number of hydrogen-bond acceptors (Lipinski definition) is 2. The Hall–Kier alpha value is -1.42. The van der Waals surface area contributed by atoms with Gasteiger partial charge in [0.2, 0.25) is 0 Å². The maximum atomic E-state index is 11.5. The summed E-state index contributed by atoms with van der Waals surface area (Å²) in [6, 6.07) is 17.3. The van der Waals surface area contributed by atoms with E-state index in [1.165, 1.54) is 85.8 Å². The average Bonchev–Trinajstić information content (AvgIpc) is 2.86. The summed E-state index contributed by atoms with van der Waals surface area (Å²) in [5.41, 5.74) is 1.02. The second-order valence-corrected chi connectivity index (χ2v) is 10.8. The highest BCUT2D eigenvalue weighted by molar-refractivity contribution is 9.10. The second-order valence-electron chi connectivity index (χ2n) is 9.93. The zero-order valence-corrected chi connectivity index (χ0v) is 23.1. The summed E-state index contributed by atoms with van der Waals surface area (Å²) in [5.74, 6) is 0. The monoisotopic (exact) mass is 525 g/mol. The van der Waals surface area contributed by atoms with Crippen molar-refractivity contribution in [2.75, 3.05) is 13.1 Å². The van der Waals surface area contributed by atoms with Crippen molar-refractivity contribution in [3.05, 3.63) is 58.6 Å². The predicted octanol–water partition coefficient (Wildman–Crippen LogP) is 9.42. The van der Waals surface area contributed by atoms with Gasteiger partial charge in [0.05, 0.1) is 6.10 Å². The zero-order valence-electron chi connectivity index (χ0n) is 21.5. The Balaban J connectivity index is 1.76. The Labute approximate surface area is 215 Å². The maximum absolute atomic E-state index is 11.5. The SMILES string of the molecule is CCCCCCCN(CCCCCCC)[C@@H](C)[C@@H](O)c1ccc2cc(Br)c3ccccc3c2c1. The van der Waals surface area contributed by atoms with Crippen molar-refractivity contribution in [1.29, 1.82) is 0 Å². The smallest absolute Gasteiger partial charge is 0.0942 e. The van der Waals surface area contributed by atoms with Gasteiger partial charge in [-0.2, -0.15) is 0 Å². The summed E-state index contributed by atoms with van der Waals surface area (Å²) in [6.45, 7) is 8.92. The lowest BCUT2D eigenvalue weighted by molar-refractivity contribution is 0.0555. The number of fused-ring (bicyclic) bond motifs is 3. The van der Waals surface area contributed by atoms with Crippen LogP contribution in [0.4, 0.5) is 0 Å². The standard InChI is InChI=1S/C31H44BrNO/c1-4-6-8-10-14-20-33(21-15-11-9-7-5-2)24(3)31(34)26-19-18-25-23-30(32)28-17-13-12-16-27(28)29(25)22-26/h12-13,16-19,22-24,31,34H,4-11,14-15,20-21H2,1-3H3/t24-,31+/m0/s1. The lowest BCUT2D eigenvalue weighted by Crippen LogP contribution is -2.39. The zero-order chi connectivity index (χ0) is 24.3. The molecule has 0 saturated heterocycles. The van der Waals surface area contributed by atoms with E-state index in [4.69, 9.17) is 0 Å². The Morgan fingerprint density at radius 1 is 0.735 bits per heavy atom. The summed E-state index contributed by atoms with van der Waals surface area (Å²) in [6.07, 6.45) is 12.4. The molecule has 0 fully saturated rings. The predicted molar refractivity (Wildman–Crippen MR) is 153 cm³/mol. The fourth-order valence-electron chi connectivity index (χ4n) is 5.09. The normalized spacial score (nSPS) is 13.7. The minimum Gasteiger partial charge on any atom is -0.387 e. The molecule has 3 rings (SSSR count). The van der Waals surface area contributed by atoms with Gasteiger partial charge in [0, 0.05) is 10.5 Å². The van der Waals surface area contributed by atoms with Gasteiger partial charge < -0.3 is 5.11 Å². The van der Waals surface area contributed by atoms with Crippen LogP contribution < -0.4 is 0 Å².